The summed E-state index contributed by atoms with van der Waals surface area (Å²) in [4.78, 5) is 12.2. The third-order valence-corrected chi connectivity index (χ3v) is 4.20. The average Bonchev–Trinajstić information content (AvgIpc) is 2.85. The molecule has 0 fully saturated rings. The average molecular weight is 391 g/mol. The molecule has 0 spiro atoms. The summed E-state index contributed by atoms with van der Waals surface area (Å²) >= 11 is 0. The van der Waals surface area contributed by atoms with E-state index in [1.165, 1.54) is 12.1 Å². The lowest BCUT2D eigenvalue weighted by Crippen LogP contribution is -2.25. The number of amides is 1. The first kappa shape index (κ1) is 21.5. The van der Waals surface area contributed by atoms with Crippen LogP contribution < -0.4 is 5.32 Å². The van der Waals surface area contributed by atoms with Gasteiger partial charge in [-0.1, -0.05) is 31.8 Å². The van der Waals surface area contributed by atoms with Crippen LogP contribution in [-0.2, 0) is 23.9 Å². The molecule has 150 valence electrons. The third kappa shape index (κ3) is 5.88. The van der Waals surface area contributed by atoms with Crippen molar-refractivity contribution in [3.63, 3.8) is 0 Å². The normalized spacial score (nSPS) is 11.3. The number of nitrogens with zero attached hydrogens (tertiary/aromatic N) is 2. The highest BCUT2D eigenvalue weighted by Crippen LogP contribution is 2.29. The number of nitrogens with one attached hydrogen (secondary N) is 1. The summed E-state index contributed by atoms with van der Waals surface area (Å²) in [6.45, 7) is 8.88. The van der Waals surface area contributed by atoms with Crippen LogP contribution in [0.25, 0.3) is 0 Å². The van der Waals surface area contributed by atoms with Crippen LogP contribution in [0.2, 0.25) is 0 Å². The quantitative estimate of drug-likeness (QED) is 0.787. The Labute approximate surface area is 163 Å². The van der Waals surface area contributed by atoms with Gasteiger partial charge in [0.05, 0.1) is 24.2 Å². The molecule has 0 aliphatic heterocycles. The molecular formula is C21H24F3N3O. The number of hydrogen-bond donors (Lipinski definition) is 1. The molecule has 0 aliphatic carbocycles. The maximum Gasteiger partial charge on any atom is 0.416 e. The molecular weight excluding hydrogens is 367 g/mol. The lowest BCUT2D eigenvalue weighted by atomic mass is 10.1. The Morgan fingerprint density at radius 1 is 1.29 bits per heavy atom. The van der Waals surface area contributed by atoms with Crippen molar-refractivity contribution in [1.29, 1.82) is 0 Å². The number of alkyl halides is 3. The number of carbonyl (C=O) groups excluding carboxylic acids is 1. The van der Waals surface area contributed by atoms with E-state index in [0.29, 0.717) is 5.92 Å². The van der Waals surface area contributed by atoms with Crippen molar-refractivity contribution in [2.75, 3.05) is 6.54 Å². The predicted molar refractivity (Wildman–Crippen MR) is 102 cm³/mol. The summed E-state index contributed by atoms with van der Waals surface area (Å²) in [6, 6.07) is 4.80. The van der Waals surface area contributed by atoms with Gasteiger partial charge in [0.2, 0.25) is 5.91 Å². The monoisotopic (exact) mass is 391 g/mol. The van der Waals surface area contributed by atoms with Crippen LogP contribution in [0.1, 0.15) is 41.9 Å². The fraction of sp³-hybridized carbons (Fsp3) is 0.429. The molecule has 2 rings (SSSR count). The number of hydrogen-bond acceptors (Lipinski definition) is 2. The highest BCUT2D eigenvalue weighted by atomic mass is 19.4. The van der Waals surface area contributed by atoms with Crippen LogP contribution in [-0.4, -0.2) is 22.2 Å². The maximum atomic E-state index is 12.7. The topological polar surface area (TPSA) is 46.9 Å². The van der Waals surface area contributed by atoms with E-state index in [2.05, 4.69) is 36.1 Å². The number of rotatable bonds is 5. The van der Waals surface area contributed by atoms with E-state index >= 15 is 0 Å². The van der Waals surface area contributed by atoms with Gasteiger partial charge in [-0.05, 0) is 38.0 Å². The summed E-state index contributed by atoms with van der Waals surface area (Å²) in [5.74, 6) is 5.58. The Kier molecular flexibility index (Phi) is 6.90. The van der Waals surface area contributed by atoms with Crippen LogP contribution >= 0.6 is 0 Å². The Morgan fingerprint density at radius 2 is 2.00 bits per heavy atom. The molecule has 1 amide bonds. The zero-order valence-electron chi connectivity index (χ0n) is 16.4. The van der Waals surface area contributed by atoms with Gasteiger partial charge in [0.1, 0.15) is 0 Å². The molecule has 0 bridgehead atoms. The largest absolute Gasteiger partial charge is 0.416 e. The number of carbonyl (C=O) groups is 1. The lowest BCUT2D eigenvalue weighted by Gasteiger charge is -2.08. The van der Waals surface area contributed by atoms with Gasteiger partial charge in [0.15, 0.2) is 0 Å². The van der Waals surface area contributed by atoms with Gasteiger partial charge < -0.3 is 5.32 Å². The molecule has 0 unspecified atom stereocenters. The molecule has 1 aromatic carbocycles. The van der Waals surface area contributed by atoms with E-state index in [9.17, 15) is 18.0 Å². The second-order valence-corrected chi connectivity index (χ2v) is 7.06. The third-order valence-electron chi connectivity index (χ3n) is 4.20. The summed E-state index contributed by atoms with van der Waals surface area (Å²) in [7, 11) is 0. The van der Waals surface area contributed by atoms with Crippen molar-refractivity contribution < 1.29 is 18.0 Å². The summed E-state index contributed by atoms with van der Waals surface area (Å²) in [6.07, 6.45) is -4.21. The van der Waals surface area contributed by atoms with E-state index < -0.39 is 11.7 Å². The fourth-order valence-corrected chi connectivity index (χ4v) is 2.80. The summed E-state index contributed by atoms with van der Waals surface area (Å²) < 4.78 is 40.0. The molecule has 0 aliphatic rings. The molecule has 28 heavy (non-hydrogen) atoms. The Morgan fingerprint density at radius 3 is 2.64 bits per heavy atom. The van der Waals surface area contributed by atoms with Gasteiger partial charge in [0, 0.05) is 23.4 Å². The van der Waals surface area contributed by atoms with Gasteiger partial charge >= 0.3 is 6.18 Å². The Bertz CT molecular complexity index is 902. The maximum absolute atomic E-state index is 12.7. The second-order valence-electron chi connectivity index (χ2n) is 7.06. The van der Waals surface area contributed by atoms with Crippen molar-refractivity contribution in [1.82, 2.24) is 15.1 Å². The van der Waals surface area contributed by atoms with E-state index in [4.69, 9.17) is 0 Å². The van der Waals surface area contributed by atoms with Crippen molar-refractivity contribution in [2.45, 2.75) is 46.8 Å². The molecule has 4 nitrogen and oxygen atoms in total. The van der Waals surface area contributed by atoms with Crippen molar-refractivity contribution in [3.8, 4) is 11.8 Å². The smallest absolute Gasteiger partial charge is 0.345 e. The van der Waals surface area contributed by atoms with Crippen LogP contribution in [0.4, 0.5) is 13.2 Å². The van der Waals surface area contributed by atoms with Crippen molar-refractivity contribution in [2.24, 2.45) is 5.92 Å². The number of aryl methyl sites for hydroxylation is 1. The minimum Gasteiger partial charge on any atom is -0.345 e. The SMILES string of the molecule is Cc1nn(CC(C)C)c(C)c1CC(=O)NCC#Cc1cccc(C(F)(F)F)c1. The highest BCUT2D eigenvalue weighted by Gasteiger charge is 2.30. The number of benzene rings is 1. The first-order chi connectivity index (χ1) is 13.1. The highest BCUT2D eigenvalue weighted by molar-refractivity contribution is 5.79. The molecule has 0 saturated heterocycles. The first-order valence-corrected chi connectivity index (χ1v) is 9.03. The molecule has 0 atom stereocenters. The molecule has 2 aromatic rings. The van der Waals surface area contributed by atoms with E-state index in [0.717, 1.165) is 35.6 Å². The van der Waals surface area contributed by atoms with E-state index in [1.807, 2.05) is 18.5 Å². The van der Waals surface area contributed by atoms with E-state index in [1.54, 1.807) is 0 Å². The first-order valence-electron chi connectivity index (χ1n) is 9.03. The lowest BCUT2D eigenvalue weighted by molar-refractivity contribution is -0.137. The summed E-state index contributed by atoms with van der Waals surface area (Å²) in [5.41, 5.74) is 2.20. The van der Waals surface area contributed by atoms with Gasteiger partial charge in [0.25, 0.3) is 0 Å². The number of halogens is 3. The Balaban J connectivity index is 1.95. The predicted octanol–water partition coefficient (Wildman–Crippen LogP) is 3.89. The van der Waals surface area contributed by atoms with Gasteiger partial charge in [-0.3, -0.25) is 9.48 Å². The second kappa shape index (κ2) is 8.96. The number of aromatic nitrogens is 2. The zero-order valence-corrected chi connectivity index (χ0v) is 16.4. The fourth-order valence-electron chi connectivity index (χ4n) is 2.80. The van der Waals surface area contributed by atoms with Gasteiger partial charge in [-0.25, -0.2) is 0 Å². The minimum atomic E-state index is -4.40. The molecule has 1 aromatic heterocycles. The zero-order chi connectivity index (χ0) is 20.9. The van der Waals surface area contributed by atoms with Crippen LogP contribution in [0.5, 0.6) is 0 Å². The molecule has 0 saturated carbocycles. The van der Waals surface area contributed by atoms with Crippen molar-refractivity contribution in [3.05, 3.63) is 52.3 Å². The molecule has 1 heterocycles. The molecule has 7 heteroatoms. The molecule has 1 N–H and O–H groups in total. The minimum absolute atomic E-state index is 0.0628. The van der Waals surface area contributed by atoms with Crippen LogP contribution in [0.3, 0.4) is 0 Å². The summed E-state index contributed by atoms with van der Waals surface area (Å²) in [5, 5.41) is 7.16. The Hall–Kier alpha value is -2.75. The van der Waals surface area contributed by atoms with Crippen molar-refractivity contribution >= 4 is 5.91 Å². The standard InChI is InChI=1S/C21H24F3N3O/c1-14(2)13-27-16(4)19(15(3)26-27)12-20(28)25-10-6-8-17-7-5-9-18(11-17)21(22,23)24/h5,7,9,11,14H,10,12-13H2,1-4H3,(H,25,28). The van der Waals surface area contributed by atoms with Crippen LogP contribution in [0, 0.1) is 31.6 Å². The van der Waals surface area contributed by atoms with Gasteiger partial charge in [-0.2, -0.15) is 18.3 Å². The van der Waals surface area contributed by atoms with Gasteiger partial charge in [-0.15, -0.1) is 0 Å². The molecule has 0 radical (unpaired) electrons. The van der Waals surface area contributed by atoms with E-state index in [-0.39, 0.29) is 24.4 Å². The van der Waals surface area contributed by atoms with Crippen LogP contribution in [0.15, 0.2) is 24.3 Å².